The van der Waals surface area contributed by atoms with Crippen molar-refractivity contribution in [2.75, 3.05) is 6.61 Å². The molecule has 0 aromatic heterocycles. The molecule has 14 heavy (non-hydrogen) atoms. The van der Waals surface area contributed by atoms with Gasteiger partial charge in [0.2, 0.25) is 0 Å². The van der Waals surface area contributed by atoms with Crippen molar-refractivity contribution in [2.45, 2.75) is 51.4 Å². The Morgan fingerprint density at radius 3 is 2.71 bits per heavy atom. The number of carboxylic acid groups (broad SMARTS) is 1. The first-order valence-corrected chi connectivity index (χ1v) is 5.03. The molecule has 0 amide bonds. The summed E-state index contributed by atoms with van der Waals surface area (Å²) in [6, 6.07) is 0. The Bertz CT molecular complexity index is 200. The molecule has 1 heterocycles. The van der Waals surface area contributed by atoms with E-state index in [4.69, 9.17) is 14.6 Å². The third-order valence-electron chi connectivity index (χ3n) is 2.23. The van der Waals surface area contributed by atoms with Crippen LogP contribution in [0.5, 0.6) is 0 Å². The van der Waals surface area contributed by atoms with E-state index in [0.717, 1.165) is 19.3 Å². The molecular formula is C10H18O4. The third-order valence-corrected chi connectivity index (χ3v) is 2.23. The fourth-order valence-corrected chi connectivity index (χ4v) is 1.55. The first-order chi connectivity index (χ1) is 6.49. The van der Waals surface area contributed by atoms with Crippen molar-refractivity contribution in [3.05, 3.63) is 0 Å². The Kier molecular flexibility index (Phi) is 3.89. The number of aliphatic carboxylic acids is 1. The molecule has 0 aliphatic carbocycles. The van der Waals surface area contributed by atoms with E-state index in [9.17, 15) is 4.79 Å². The summed E-state index contributed by atoms with van der Waals surface area (Å²) in [5.74, 6) is -1.19. The van der Waals surface area contributed by atoms with Crippen LogP contribution >= 0.6 is 0 Å². The quantitative estimate of drug-likeness (QED) is 0.690. The number of carbonyl (C=O) groups is 1. The molecule has 1 atom stereocenters. The van der Waals surface area contributed by atoms with E-state index in [1.165, 1.54) is 0 Å². The predicted octanol–water partition coefficient (Wildman–Crippen LogP) is 1.78. The maximum Gasteiger partial charge on any atom is 0.303 e. The predicted molar refractivity (Wildman–Crippen MR) is 51.0 cm³/mol. The highest BCUT2D eigenvalue weighted by molar-refractivity contribution is 5.66. The summed E-state index contributed by atoms with van der Waals surface area (Å²) >= 11 is 0. The van der Waals surface area contributed by atoms with Crippen molar-refractivity contribution >= 4 is 5.97 Å². The summed E-state index contributed by atoms with van der Waals surface area (Å²) in [6.45, 7) is 4.41. The maximum atomic E-state index is 10.2. The minimum atomic E-state index is -0.728. The van der Waals surface area contributed by atoms with Crippen LogP contribution in [0.15, 0.2) is 0 Å². The summed E-state index contributed by atoms with van der Waals surface area (Å²) in [6.07, 6.45) is 2.87. The van der Waals surface area contributed by atoms with Gasteiger partial charge in [0.05, 0.1) is 12.7 Å². The summed E-state index contributed by atoms with van der Waals surface area (Å²) < 4.78 is 11.0. The summed E-state index contributed by atoms with van der Waals surface area (Å²) in [7, 11) is 0. The largest absolute Gasteiger partial charge is 0.481 e. The number of carboxylic acids is 1. The number of hydrogen-bond donors (Lipinski definition) is 1. The van der Waals surface area contributed by atoms with Gasteiger partial charge in [-0.3, -0.25) is 4.79 Å². The van der Waals surface area contributed by atoms with E-state index >= 15 is 0 Å². The highest BCUT2D eigenvalue weighted by Gasteiger charge is 2.31. The van der Waals surface area contributed by atoms with Crippen LogP contribution in [0.1, 0.15) is 39.5 Å². The minimum absolute atomic E-state index is 0.138. The molecule has 0 saturated carbocycles. The Balaban J connectivity index is 2.06. The van der Waals surface area contributed by atoms with E-state index in [1.807, 2.05) is 13.8 Å². The van der Waals surface area contributed by atoms with Crippen LogP contribution in [0.3, 0.4) is 0 Å². The van der Waals surface area contributed by atoms with Crippen LogP contribution < -0.4 is 0 Å². The zero-order valence-electron chi connectivity index (χ0n) is 8.78. The molecule has 1 rings (SSSR count). The van der Waals surface area contributed by atoms with Gasteiger partial charge in [0.1, 0.15) is 0 Å². The van der Waals surface area contributed by atoms with Gasteiger partial charge >= 0.3 is 5.97 Å². The molecule has 1 N–H and O–H groups in total. The van der Waals surface area contributed by atoms with Gasteiger partial charge in [0.25, 0.3) is 0 Å². The monoisotopic (exact) mass is 202 g/mol. The summed E-state index contributed by atoms with van der Waals surface area (Å²) in [5.41, 5.74) is 0. The molecule has 1 fully saturated rings. The smallest absolute Gasteiger partial charge is 0.303 e. The Hall–Kier alpha value is -0.610. The zero-order valence-corrected chi connectivity index (χ0v) is 8.78. The van der Waals surface area contributed by atoms with E-state index in [0.29, 0.717) is 6.61 Å². The number of unbranched alkanes of at least 4 members (excludes halogenated alkanes) is 1. The van der Waals surface area contributed by atoms with E-state index in [2.05, 4.69) is 0 Å². The average molecular weight is 202 g/mol. The van der Waals surface area contributed by atoms with Crippen LogP contribution in [0.4, 0.5) is 0 Å². The van der Waals surface area contributed by atoms with Crippen LogP contribution in [0.25, 0.3) is 0 Å². The van der Waals surface area contributed by atoms with Gasteiger partial charge < -0.3 is 14.6 Å². The average Bonchev–Trinajstić information content (AvgIpc) is 2.39. The lowest BCUT2D eigenvalue weighted by Crippen LogP contribution is -2.21. The fraction of sp³-hybridized carbons (Fsp3) is 0.900. The van der Waals surface area contributed by atoms with Gasteiger partial charge in [-0.05, 0) is 26.7 Å². The minimum Gasteiger partial charge on any atom is -0.481 e. The second-order valence-corrected chi connectivity index (χ2v) is 4.09. The first-order valence-electron chi connectivity index (χ1n) is 5.03. The molecule has 0 spiro atoms. The van der Waals surface area contributed by atoms with Gasteiger partial charge in [0.15, 0.2) is 5.79 Å². The van der Waals surface area contributed by atoms with E-state index < -0.39 is 11.8 Å². The Labute approximate surface area is 84.2 Å². The van der Waals surface area contributed by atoms with Gasteiger partial charge in [0, 0.05) is 6.42 Å². The highest BCUT2D eigenvalue weighted by atomic mass is 16.7. The molecule has 0 aromatic carbocycles. The lowest BCUT2D eigenvalue weighted by molar-refractivity contribution is -0.140. The van der Waals surface area contributed by atoms with Crippen molar-refractivity contribution in [1.82, 2.24) is 0 Å². The zero-order chi connectivity index (χ0) is 10.6. The van der Waals surface area contributed by atoms with Gasteiger partial charge in [-0.15, -0.1) is 0 Å². The first kappa shape index (κ1) is 11.5. The normalized spacial score (nSPS) is 25.1. The SMILES string of the molecule is CC1(C)OC[C@H](CCCCC(=O)O)O1. The molecule has 1 aliphatic heterocycles. The molecule has 0 aromatic rings. The van der Waals surface area contributed by atoms with Crippen LogP contribution in [-0.2, 0) is 14.3 Å². The third kappa shape index (κ3) is 4.07. The number of hydrogen-bond acceptors (Lipinski definition) is 3. The van der Waals surface area contributed by atoms with Crippen molar-refractivity contribution in [3.8, 4) is 0 Å². The topological polar surface area (TPSA) is 55.8 Å². The van der Waals surface area contributed by atoms with Gasteiger partial charge in [-0.2, -0.15) is 0 Å². The molecular weight excluding hydrogens is 184 g/mol. The molecule has 0 unspecified atom stereocenters. The van der Waals surface area contributed by atoms with Crippen LogP contribution in [0.2, 0.25) is 0 Å². The Morgan fingerprint density at radius 1 is 1.50 bits per heavy atom. The summed E-state index contributed by atoms with van der Waals surface area (Å²) in [4.78, 5) is 10.2. The van der Waals surface area contributed by atoms with Crippen molar-refractivity contribution in [2.24, 2.45) is 0 Å². The lowest BCUT2D eigenvalue weighted by Gasteiger charge is -2.16. The number of ether oxygens (including phenoxy) is 2. The second kappa shape index (κ2) is 4.75. The number of rotatable bonds is 5. The molecule has 0 radical (unpaired) electrons. The van der Waals surface area contributed by atoms with E-state index in [1.54, 1.807) is 0 Å². The molecule has 1 saturated heterocycles. The second-order valence-electron chi connectivity index (χ2n) is 4.09. The molecule has 0 bridgehead atoms. The van der Waals surface area contributed by atoms with Crippen molar-refractivity contribution in [1.29, 1.82) is 0 Å². The van der Waals surface area contributed by atoms with E-state index in [-0.39, 0.29) is 12.5 Å². The molecule has 1 aliphatic rings. The highest BCUT2D eigenvalue weighted by Crippen LogP contribution is 2.25. The van der Waals surface area contributed by atoms with Crippen molar-refractivity contribution in [3.63, 3.8) is 0 Å². The van der Waals surface area contributed by atoms with Gasteiger partial charge in [-0.25, -0.2) is 0 Å². The molecule has 4 heteroatoms. The standard InChI is InChI=1S/C10H18O4/c1-10(2)13-7-8(14-10)5-3-4-6-9(11)12/h8H,3-7H2,1-2H3,(H,11,12)/t8-/m0/s1. The summed E-state index contributed by atoms with van der Waals surface area (Å²) in [5, 5.41) is 8.43. The van der Waals surface area contributed by atoms with Crippen LogP contribution in [0, 0.1) is 0 Å². The van der Waals surface area contributed by atoms with Crippen molar-refractivity contribution < 1.29 is 19.4 Å². The van der Waals surface area contributed by atoms with Gasteiger partial charge in [-0.1, -0.05) is 6.42 Å². The Morgan fingerprint density at radius 2 is 2.21 bits per heavy atom. The molecule has 82 valence electrons. The molecule has 4 nitrogen and oxygen atoms in total. The fourth-order valence-electron chi connectivity index (χ4n) is 1.55. The lowest BCUT2D eigenvalue weighted by atomic mass is 10.1. The maximum absolute atomic E-state index is 10.2. The van der Waals surface area contributed by atoms with Crippen LogP contribution in [-0.4, -0.2) is 29.6 Å².